The summed E-state index contributed by atoms with van der Waals surface area (Å²) in [7, 11) is 1.29. The van der Waals surface area contributed by atoms with E-state index >= 15 is 0 Å². The summed E-state index contributed by atoms with van der Waals surface area (Å²) in [6, 6.07) is -0.801. The Kier molecular flexibility index (Phi) is 35.5. The fraction of sp³-hybridized carbons (Fsp3) is 0.841. The zero-order chi connectivity index (χ0) is 39.3. The molecule has 0 aromatic heterocycles. The topological polar surface area (TPSA) is 108 Å². The molecule has 8 nitrogen and oxygen atoms in total. The lowest BCUT2D eigenvalue weighted by molar-refractivity contribution is -0.870. The van der Waals surface area contributed by atoms with Crippen LogP contribution in [0.3, 0.4) is 0 Å². The van der Waals surface area contributed by atoms with Gasteiger partial charge in [-0.3, -0.25) is 9.36 Å². The standard InChI is InChI=1S/C44H85N2O6P/c1-6-8-10-12-14-16-17-18-19-20-21-22-23-24-25-26-27-28-29-30-32-34-36-38-44(48)45-42(41-52-53(49,50)51-40-39-46(3,4)5)43(47)37-35-33-31-15-13-11-9-7-2/h17-18,20-21,23-24,42-43,47H,6-16,19,22,25-41H2,1-5H3,(H-,45,48,49,50)/b18-17-,21-20-,24-23-. The molecule has 2 N–H and O–H groups in total. The first-order valence-corrected chi connectivity index (χ1v) is 23.3. The lowest BCUT2D eigenvalue weighted by Gasteiger charge is -2.30. The third kappa shape index (κ3) is 38.8. The van der Waals surface area contributed by atoms with Gasteiger partial charge < -0.3 is 28.8 Å². The molecule has 3 unspecified atom stereocenters. The summed E-state index contributed by atoms with van der Waals surface area (Å²) in [5.74, 6) is -0.177. The summed E-state index contributed by atoms with van der Waals surface area (Å²) < 4.78 is 23.1. The van der Waals surface area contributed by atoms with Gasteiger partial charge in [0.15, 0.2) is 0 Å². The van der Waals surface area contributed by atoms with Crippen LogP contribution in [-0.2, 0) is 18.4 Å². The van der Waals surface area contributed by atoms with Crippen LogP contribution in [0.15, 0.2) is 36.5 Å². The van der Waals surface area contributed by atoms with Crippen molar-refractivity contribution in [3.05, 3.63) is 36.5 Å². The molecule has 0 spiro atoms. The van der Waals surface area contributed by atoms with Gasteiger partial charge in [0.25, 0.3) is 7.82 Å². The Labute approximate surface area is 327 Å². The van der Waals surface area contributed by atoms with Crippen molar-refractivity contribution < 1.29 is 32.9 Å². The molecular weight excluding hydrogens is 683 g/mol. The summed E-state index contributed by atoms with van der Waals surface area (Å²) >= 11 is 0. The predicted molar refractivity (Wildman–Crippen MR) is 224 cm³/mol. The number of allylic oxidation sites excluding steroid dienone is 6. The number of phosphoric acid groups is 1. The van der Waals surface area contributed by atoms with E-state index in [-0.39, 0.29) is 19.1 Å². The van der Waals surface area contributed by atoms with Crippen LogP contribution in [0.5, 0.6) is 0 Å². The number of quaternary nitrogens is 1. The van der Waals surface area contributed by atoms with Crippen molar-refractivity contribution in [2.75, 3.05) is 40.9 Å². The molecule has 0 aromatic carbocycles. The summed E-state index contributed by atoms with van der Waals surface area (Å²) in [5, 5.41) is 13.8. The number of amides is 1. The molecule has 0 fully saturated rings. The first-order chi connectivity index (χ1) is 25.5. The number of unbranched alkanes of at least 4 members (excludes halogenated alkanes) is 20. The molecule has 53 heavy (non-hydrogen) atoms. The van der Waals surface area contributed by atoms with Gasteiger partial charge in [0.1, 0.15) is 13.2 Å². The molecule has 9 heteroatoms. The third-order valence-corrected chi connectivity index (χ3v) is 10.6. The van der Waals surface area contributed by atoms with E-state index in [2.05, 4.69) is 55.6 Å². The first-order valence-electron chi connectivity index (χ1n) is 21.8. The highest BCUT2D eigenvalue weighted by Gasteiger charge is 2.24. The number of nitrogens with one attached hydrogen (secondary N) is 1. The fourth-order valence-electron chi connectivity index (χ4n) is 6.10. The summed E-state index contributed by atoms with van der Waals surface area (Å²) in [6.45, 7) is 4.65. The normalized spacial score (nSPS) is 14.8. The maximum atomic E-state index is 12.8. The van der Waals surface area contributed by atoms with Crippen LogP contribution in [-0.4, -0.2) is 68.5 Å². The summed E-state index contributed by atoms with van der Waals surface area (Å²) in [6.07, 6.45) is 43.0. The Morgan fingerprint density at radius 3 is 1.58 bits per heavy atom. The van der Waals surface area contributed by atoms with Crippen molar-refractivity contribution in [3.63, 3.8) is 0 Å². The molecular formula is C44H85N2O6P. The number of nitrogens with zero attached hydrogens (tertiary/aromatic N) is 1. The van der Waals surface area contributed by atoms with Gasteiger partial charge in [0.05, 0.1) is 39.9 Å². The minimum Gasteiger partial charge on any atom is -0.756 e. The van der Waals surface area contributed by atoms with Gasteiger partial charge in [0.2, 0.25) is 5.91 Å². The maximum absolute atomic E-state index is 12.8. The summed E-state index contributed by atoms with van der Waals surface area (Å²) in [4.78, 5) is 25.2. The number of aliphatic hydroxyl groups excluding tert-OH is 1. The van der Waals surface area contributed by atoms with E-state index in [9.17, 15) is 19.4 Å². The number of phosphoric ester groups is 1. The second-order valence-corrected chi connectivity index (χ2v) is 17.5. The van der Waals surface area contributed by atoms with Gasteiger partial charge in [-0.25, -0.2) is 0 Å². The Balaban J connectivity index is 4.21. The molecule has 0 radical (unpaired) electrons. The number of hydrogen-bond donors (Lipinski definition) is 2. The fourth-order valence-corrected chi connectivity index (χ4v) is 6.83. The Hall–Kier alpha value is -1.28. The molecule has 0 rings (SSSR count). The molecule has 0 aliphatic rings. The van der Waals surface area contributed by atoms with E-state index < -0.39 is 20.0 Å². The number of likely N-dealkylation sites (N-methyl/N-ethyl adjacent to an activating group) is 1. The largest absolute Gasteiger partial charge is 0.756 e. The van der Waals surface area contributed by atoms with E-state index in [0.29, 0.717) is 23.9 Å². The average Bonchev–Trinajstić information content (AvgIpc) is 3.10. The van der Waals surface area contributed by atoms with E-state index in [0.717, 1.165) is 57.8 Å². The smallest absolute Gasteiger partial charge is 0.268 e. The van der Waals surface area contributed by atoms with Gasteiger partial charge in [-0.1, -0.05) is 166 Å². The second-order valence-electron chi connectivity index (χ2n) is 16.1. The van der Waals surface area contributed by atoms with Crippen molar-refractivity contribution in [2.45, 2.75) is 199 Å². The van der Waals surface area contributed by atoms with Crippen LogP contribution in [0.4, 0.5) is 0 Å². The molecule has 0 aliphatic carbocycles. The number of rotatable bonds is 39. The van der Waals surface area contributed by atoms with Gasteiger partial charge in [-0.2, -0.15) is 0 Å². The number of hydrogen-bond acceptors (Lipinski definition) is 6. The Morgan fingerprint density at radius 2 is 1.09 bits per heavy atom. The SMILES string of the molecule is CCCCCCC/C=C\C/C=C\C/C=C\CCCCCCCCCCC(=O)NC(COP(=O)([O-])OCC[N+](C)(C)C)C(O)CCCCCCCCCC. The highest BCUT2D eigenvalue weighted by atomic mass is 31.2. The van der Waals surface area contributed by atoms with E-state index in [1.165, 1.54) is 103 Å². The van der Waals surface area contributed by atoms with Crippen molar-refractivity contribution in [1.29, 1.82) is 0 Å². The molecule has 1 amide bonds. The van der Waals surface area contributed by atoms with E-state index in [1.54, 1.807) is 0 Å². The van der Waals surface area contributed by atoms with Gasteiger partial charge in [-0.15, -0.1) is 0 Å². The minimum absolute atomic E-state index is 0.00937. The lowest BCUT2D eigenvalue weighted by atomic mass is 10.0. The summed E-state index contributed by atoms with van der Waals surface area (Å²) in [5.41, 5.74) is 0. The molecule has 3 atom stereocenters. The Bertz CT molecular complexity index is 964. The zero-order valence-corrected chi connectivity index (χ0v) is 36.1. The van der Waals surface area contributed by atoms with Crippen molar-refractivity contribution >= 4 is 13.7 Å². The highest BCUT2D eigenvalue weighted by molar-refractivity contribution is 7.45. The molecule has 0 aliphatic heterocycles. The van der Waals surface area contributed by atoms with Crippen molar-refractivity contribution in [1.82, 2.24) is 5.32 Å². The third-order valence-electron chi connectivity index (χ3n) is 9.63. The predicted octanol–water partition coefficient (Wildman–Crippen LogP) is 11.3. The molecule has 0 heterocycles. The van der Waals surface area contributed by atoms with Crippen molar-refractivity contribution in [3.8, 4) is 0 Å². The highest BCUT2D eigenvalue weighted by Crippen LogP contribution is 2.38. The Morgan fingerprint density at radius 1 is 0.660 bits per heavy atom. The van der Waals surface area contributed by atoms with Crippen LogP contribution < -0.4 is 10.2 Å². The van der Waals surface area contributed by atoms with E-state index in [4.69, 9.17) is 9.05 Å². The quantitative estimate of drug-likeness (QED) is 0.0279. The van der Waals surface area contributed by atoms with Gasteiger partial charge >= 0.3 is 0 Å². The molecule has 0 saturated heterocycles. The number of carbonyl (C=O) groups is 1. The average molecular weight is 769 g/mol. The van der Waals surface area contributed by atoms with Gasteiger partial charge in [-0.05, 0) is 51.4 Å². The lowest BCUT2D eigenvalue weighted by Crippen LogP contribution is -2.46. The zero-order valence-electron chi connectivity index (χ0n) is 35.2. The van der Waals surface area contributed by atoms with Crippen LogP contribution in [0.2, 0.25) is 0 Å². The number of aliphatic hydroxyl groups is 1. The van der Waals surface area contributed by atoms with Crippen LogP contribution >= 0.6 is 7.82 Å². The van der Waals surface area contributed by atoms with E-state index in [1.807, 2.05) is 21.1 Å². The minimum atomic E-state index is -4.56. The first kappa shape index (κ1) is 51.7. The monoisotopic (exact) mass is 769 g/mol. The molecule has 0 aromatic rings. The molecule has 312 valence electrons. The van der Waals surface area contributed by atoms with Crippen molar-refractivity contribution in [2.24, 2.45) is 0 Å². The second kappa shape index (κ2) is 36.4. The van der Waals surface area contributed by atoms with Gasteiger partial charge in [0, 0.05) is 6.42 Å². The number of carbonyl (C=O) groups excluding carboxylic acids is 1. The van der Waals surface area contributed by atoms with Crippen LogP contribution in [0.1, 0.15) is 187 Å². The van der Waals surface area contributed by atoms with Crippen LogP contribution in [0, 0.1) is 0 Å². The molecule has 0 saturated carbocycles. The maximum Gasteiger partial charge on any atom is 0.268 e. The molecule has 0 bridgehead atoms. The van der Waals surface area contributed by atoms with Crippen LogP contribution in [0.25, 0.3) is 0 Å².